The van der Waals surface area contributed by atoms with E-state index < -0.39 is 6.09 Å². The molecule has 5 heteroatoms. The Labute approximate surface area is 63.1 Å². The molecule has 1 amide bonds. The molecule has 0 bridgehead atoms. The Balaban J connectivity index is 2.57. The van der Waals surface area contributed by atoms with Crippen molar-refractivity contribution in [2.45, 2.75) is 0 Å². The Kier molecular flexibility index (Phi) is 2.27. The zero-order chi connectivity index (χ0) is 8.10. The zero-order valence-corrected chi connectivity index (χ0v) is 5.61. The molecule has 0 aromatic heterocycles. The molecule has 0 unspecified atom stereocenters. The van der Waals surface area contributed by atoms with Gasteiger partial charge in [-0.3, -0.25) is 10.3 Å². The third-order valence-corrected chi connectivity index (χ3v) is 0.952. The predicted octanol–water partition coefficient (Wildman–Crippen LogP) is 0.241. The number of carboxylic acid groups (broad SMARTS) is 1. The highest BCUT2D eigenvalue weighted by Crippen LogP contribution is 1.88. The van der Waals surface area contributed by atoms with E-state index in [2.05, 4.69) is 15.6 Å². The molecule has 0 radical (unpaired) electrons. The van der Waals surface area contributed by atoms with E-state index in [0.29, 0.717) is 5.82 Å². The lowest BCUT2D eigenvalue weighted by atomic mass is 10.6. The third-order valence-electron chi connectivity index (χ3n) is 0.952. The summed E-state index contributed by atoms with van der Waals surface area (Å²) in [6.45, 7) is 0. The van der Waals surface area contributed by atoms with Crippen LogP contribution in [-0.4, -0.2) is 17.4 Å². The van der Waals surface area contributed by atoms with E-state index in [0.717, 1.165) is 0 Å². The lowest BCUT2D eigenvalue weighted by Crippen LogP contribution is -2.27. The van der Waals surface area contributed by atoms with Gasteiger partial charge in [0.1, 0.15) is 5.82 Å². The minimum atomic E-state index is -1.12. The van der Waals surface area contributed by atoms with Crippen molar-refractivity contribution in [3.8, 4) is 0 Å². The summed E-state index contributed by atoms with van der Waals surface area (Å²) in [5, 5.41) is 13.1. The van der Waals surface area contributed by atoms with Crippen LogP contribution in [0.25, 0.3) is 0 Å². The smallest absolute Gasteiger partial charge is 0.410 e. The van der Waals surface area contributed by atoms with E-state index in [1.807, 2.05) is 0 Å². The maximum Gasteiger partial charge on any atom is 0.410 e. The molecule has 11 heavy (non-hydrogen) atoms. The van der Waals surface area contributed by atoms with Gasteiger partial charge in [-0.1, -0.05) is 0 Å². The Bertz CT molecular complexity index is 242. The highest BCUT2D eigenvalue weighted by molar-refractivity contribution is 5.72. The Hall–Kier alpha value is -1.78. The van der Waals surface area contributed by atoms with E-state index in [9.17, 15) is 4.79 Å². The Morgan fingerprint density at radius 3 is 3.27 bits per heavy atom. The summed E-state index contributed by atoms with van der Waals surface area (Å²) in [5.74, 6) is 0.336. The molecular weight excluding hydrogens is 146 g/mol. The first-order chi connectivity index (χ1) is 5.29. The highest BCUT2D eigenvalue weighted by Gasteiger charge is 1.98. The summed E-state index contributed by atoms with van der Waals surface area (Å²) in [5.41, 5.74) is 0. The van der Waals surface area contributed by atoms with Crippen molar-refractivity contribution in [3.63, 3.8) is 0 Å². The first-order valence-corrected chi connectivity index (χ1v) is 2.94. The second-order valence-electron chi connectivity index (χ2n) is 1.77. The predicted molar refractivity (Wildman–Crippen MR) is 40.0 cm³/mol. The second-order valence-corrected chi connectivity index (χ2v) is 1.77. The van der Waals surface area contributed by atoms with Crippen LogP contribution in [0.1, 0.15) is 0 Å². The van der Waals surface area contributed by atoms with Crippen molar-refractivity contribution in [1.29, 1.82) is 0 Å². The van der Waals surface area contributed by atoms with Crippen LogP contribution in [0, 0.1) is 0 Å². The number of aliphatic imine (C=N–C) groups is 1. The SMILES string of the molecule is O=C(O)NC1=CN=CC=CN1. The fourth-order valence-electron chi connectivity index (χ4n) is 0.569. The summed E-state index contributed by atoms with van der Waals surface area (Å²) in [6.07, 6.45) is 5.05. The van der Waals surface area contributed by atoms with Crippen LogP contribution in [-0.2, 0) is 0 Å². The van der Waals surface area contributed by atoms with Gasteiger partial charge in [0.25, 0.3) is 0 Å². The maximum absolute atomic E-state index is 10.1. The molecule has 0 aromatic rings. The van der Waals surface area contributed by atoms with E-state index >= 15 is 0 Å². The molecule has 0 aromatic carbocycles. The van der Waals surface area contributed by atoms with Crippen LogP contribution >= 0.6 is 0 Å². The van der Waals surface area contributed by atoms with Crippen molar-refractivity contribution in [1.82, 2.24) is 10.6 Å². The molecule has 0 saturated heterocycles. The average Bonchev–Trinajstić information content (AvgIpc) is 2.14. The molecule has 0 spiro atoms. The number of nitrogens with one attached hydrogen (secondary N) is 2. The van der Waals surface area contributed by atoms with Crippen molar-refractivity contribution < 1.29 is 9.90 Å². The topological polar surface area (TPSA) is 73.7 Å². The number of carbonyl (C=O) groups is 1. The van der Waals surface area contributed by atoms with Gasteiger partial charge in [0.15, 0.2) is 0 Å². The van der Waals surface area contributed by atoms with Gasteiger partial charge in [0.2, 0.25) is 0 Å². The van der Waals surface area contributed by atoms with Gasteiger partial charge in [-0.25, -0.2) is 4.79 Å². The van der Waals surface area contributed by atoms with Gasteiger partial charge in [-0.15, -0.1) is 0 Å². The number of hydrogen-bond acceptors (Lipinski definition) is 3. The van der Waals surface area contributed by atoms with Crippen molar-refractivity contribution in [2.24, 2.45) is 4.99 Å². The molecule has 1 aliphatic rings. The third kappa shape index (κ3) is 2.53. The normalized spacial score (nSPS) is 14.7. The average molecular weight is 153 g/mol. The van der Waals surface area contributed by atoms with E-state index in [4.69, 9.17) is 5.11 Å². The van der Waals surface area contributed by atoms with Gasteiger partial charge in [-0.05, 0) is 6.08 Å². The number of allylic oxidation sites excluding steroid dienone is 1. The molecular formula is C6H7N3O2. The second kappa shape index (κ2) is 3.40. The summed E-state index contributed by atoms with van der Waals surface area (Å²) < 4.78 is 0. The first kappa shape index (κ1) is 7.33. The Morgan fingerprint density at radius 1 is 1.73 bits per heavy atom. The molecule has 1 rings (SSSR count). The molecule has 0 saturated carbocycles. The molecule has 0 atom stereocenters. The molecule has 1 heterocycles. The fourth-order valence-corrected chi connectivity index (χ4v) is 0.569. The Morgan fingerprint density at radius 2 is 2.55 bits per heavy atom. The molecule has 0 aliphatic carbocycles. The summed E-state index contributed by atoms with van der Waals surface area (Å²) >= 11 is 0. The first-order valence-electron chi connectivity index (χ1n) is 2.94. The van der Waals surface area contributed by atoms with Crippen molar-refractivity contribution >= 4 is 12.3 Å². The summed E-state index contributed by atoms with van der Waals surface area (Å²) in [6, 6.07) is 0. The van der Waals surface area contributed by atoms with Gasteiger partial charge in [0, 0.05) is 12.4 Å². The van der Waals surface area contributed by atoms with Gasteiger partial charge >= 0.3 is 6.09 Å². The van der Waals surface area contributed by atoms with Gasteiger partial charge < -0.3 is 10.4 Å². The van der Waals surface area contributed by atoms with Crippen LogP contribution in [0.5, 0.6) is 0 Å². The molecule has 5 nitrogen and oxygen atoms in total. The largest absolute Gasteiger partial charge is 0.465 e. The van der Waals surface area contributed by atoms with Crippen LogP contribution in [0.15, 0.2) is 29.3 Å². The van der Waals surface area contributed by atoms with Gasteiger partial charge in [0.05, 0.1) is 6.20 Å². The van der Waals surface area contributed by atoms with Gasteiger partial charge in [-0.2, -0.15) is 0 Å². The van der Waals surface area contributed by atoms with Crippen LogP contribution in [0.2, 0.25) is 0 Å². The van der Waals surface area contributed by atoms with Crippen LogP contribution in [0.3, 0.4) is 0 Å². The van der Waals surface area contributed by atoms with Crippen LogP contribution in [0.4, 0.5) is 4.79 Å². The molecule has 3 N–H and O–H groups in total. The minimum Gasteiger partial charge on any atom is -0.465 e. The zero-order valence-electron chi connectivity index (χ0n) is 5.61. The maximum atomic E-state index is 10.1. The number of rotatable bonds is 1. The monoisotopic (exact) mass is 153 g/mol. The molecule has 1 aliphatic heterocycles. The van der Waals surface area contributed by atoms with E-state index in [1.54, 1.807) is 18.5 Å². The van der Waals surface area contributed by atoms with Crippen molar-refractivity contribution in [2.75, 3.05) is 0 Å². The summed E-state index contributed by atoms with van der Waals surface area (Å²) in [7, 11) is 0. The number of nitrogens with zero attached hydrogens (tertiary/aromatic N) is 1. The van der Waals surface area contributed by atoms with E-state index in [-0.39, 0.29) is 0 Å². The molecule has 58 valence electrons. The highest BCUT2D eigenvalue weighted by atomic mass is 16.4. The molecule has 0 fully saturated rings. The lowest BCUT2D eigenvalue weighted by molar-refractivity contribution is 0.197. The van der Waals surface area contributed by atoms with Crippen molar-refractivity contribution in [3.05, 3.63) is 24.3 Å². The lowest BCUT2D eigenvalue weighted by Gasteiger charge is -2.02. The summed E-state index contributed by atoms with van der Waals surface area (Å²) in [4.78, 5) is 13.9. The number of hydrogen-bond donors (Lipinski definition) is 3. The minimum absolute atomic E-state index is 0.336. The number of amides is 1. The van der Waals surface area contributed by atoms with Crippen LogP contribution < -0.4 is 10.6 Å². The fraction of sp³-hybridized carbons (Fsp3) is 0. The standard InChI is InChI=1S/C6H7N3O2/c10-6(11)9-5-4-7-2-1-3-8-5/h1-4,8-9H,(H,10,11). The quantitative estimate of drug-likeness (QED) is 0.505. The van der Waals surface area contributed by atoms with E-state index in [1.165, 1.54) is 6.20 Å².